The maximum absolute atomic E-state index is 12.0. The van der Waals surface area contributed by atoms with Crippen molar-refractivity contribution in [3.63, 3.8) is 0 Å². The first-order valence-corrected chi connectivity index (χ1v) is 11.1. The highest BCUT2D eigenvalue weighted by Gasteiger charge is 2.46. The predicted octanol–water partition coefficient (Wildman–Crippen LogP) is 1.44. The van der Waals surface area contributed by atoms with E-state index < -0.39 is 33.1 Å². The molecule has 0 aliphatic heterocycles. The fraction of sp³-hybridized carbons (Fsp3) is 1.00. The summed E-state index contributed by atoms with van der Waals surface area (Å²) >= 11 is 3.91. The van der Waals surface area contributed by atoms with Crippen LogP contribution in [0.1, 0.15) is 19.8 Å². The van der Waals surface area contributed by atoms with Gasteiger partial charge in [-0.1, -0.05) is 0 Å². The van der Waals surface area contributed by atoms with Crippen LogP contribution in [-0.4, -0.2) is 55.7 Å². The highest BCUT2D eigenvalue weighted by Crippen LogP contribution is 2.53. The van der Waals surface area contributed by atoms with E-state index in [1.165, 1.54) is 21.1 Å². The molecular weight excluding hydrogens is 365 g/mol. The Bertz CT molecular complexity index is 479. The third-order valence-electron chi connectivity index (χ3n) is 3.90. The molecule has 1 aliphatic rings. The summed E-state index contributed by atoms with van der Waals surface area (Å²) in [6.45, 7) is 1.50. The molecule has 0 heterocycles. The van der Waals surface area contributed by atoms with Gasteiger partial charge >= 0.3 is 15.4 Å². The van der Waals surface area contributed by atoms with Crippen LogP contribution < -0.4 is 0 Å². The van der Waals surface area contributed by atoms with Gasteiger partial charge in [0.1, 0.15) is 13.3 Å². The van der Waals surface area contributed by atoms with Gasteiger partial charge in [0.05, 0.1) is 18.4 Å². The summed E-state index contributed by atoms with van der Waals surface area (Å²) in [4.78, 5) is 19.3. The lowest BCUT2D eigenvalue weighted by molar-refractivity contribution is -0.0139. The van der Waals surface area contributed by atoms with Crippen LogP contribution >= 0.6 is 28.0 Å². The molecule has 12 heteroatoms. The topological polar surface area (TPSA) is 112 Å². The van der Waals surface area contributed by atoms with Crippen LogP contribution in [0.4, 0.5) is 0 Å². The van der Waals surface area contributed by atoms with E-state index in [0.29, 0.717) is 12.8 Å². The van der Waals surface area contributed by atoms with Gasteiger partial charge in [-0.2, -0.15) is 0 Å². The first-order valence-electron chi connectivity index (χ1n) is 7.29. The molecule has 2 N–H and O–H groups in total. The predicted molar refractivity (Wildman–Crippen MR) is 91.7 cm³/mol. The fourth-order valence-corrected chi connectivity index (χ4v) is 5.16. The molecule has 1 fully saturated rings. The Morgan fingerprint density at radius 2 is 1.91 bits per heavy atom. The number of ether oxygens (including phenoxy) is 1. The van der Waals surface area contributed by atoms with Crippen molar-refractivity contribution in [2.24, 2.45) is 5.92 Å². The minimum Gasteiger partial charge on any atom is -0.379 e. The summed E-state index contributed by atoms with van der Waals surface area (Å²) in [6.07, 6.45) is -0.220. The van der Waals surface area contributed by atoms with E-state index in [4.69, 9.17) is 13.8 Å². The van der Waals surface area contributed by atoms with Crippen molar-refractivity contribution < 1.29 is 37.2 Å². The van der Waals surface area contributed by atoms with Crippen molar-refractivity contribution >= 4 is 35.9 Å². The maximum atomic E-state index is 12.0. The zero-order valence-electron chi connectivity index (χ0n) is 13.7. The van der Waals surface area contributed by atoms with Crippen LogP contribution in [0.25, 0.3) is 0 Å². The largest absolute Gasteiger partial charge is 0.473 e. The summed E-state index contributed by atoms with van der Waals surface area (Å²) in [6, 6.07) is 0. The molecule has 0 aromatic rings. The lowest BCUT2D eigenvalue weighted by Gasteiger charge is -2.27. The number of phosphoric ester groups is 1. The Kier molecular flexibility index (Phi) is 8.32. The van der Waals surface area contributed by atoms with Crippen LogP contribution in [-0.2, 0) is 27.4 Å². The summed E-state index contributed by atoms with van der Waals surface area (Å²) in [5.41, 5.74) is -0.768. The molecule has 7 atom stereocenters. The Hall–Kier alpha value is 0.635. The van der Waals surface area contributed by atoms with E-state index in [-0.39, 0.29) is 17.9 Å². The summed E-state index contributed by atoms with van der Waals surface area (Å²) in [7, 11) is -3.34. The highest BCUT2D eigenvalue weighted by atomic mass is 32.1. The second kappa shape index (κ2) is 8.83. The van der Waals surface area contributed by atoms with Crippen LogP contribution in [0.5, 0.6) is 0 Å². The van der Waals surface area contributed by atoms with Crippen LogP contribution in [0.15, 0.2) is 0 Å². The van der Waals surface area contributed by atoms with Crippen molar-refractivity contribution in [3.8, 4) is 0 Å². The lowest BCUT2D eigenvalue weighted by atomic mass is 9.83. The molecule has 0 bridgehead atoms. The van der Waals surface area contributed by atoms with Gasteiger partial charge in [-0.15, -0.1) is 12.6 Å². The van der Waals surface area contributed by atoms with Gasteiger partial charge in [-0.05, 0) is 31.5 Å². The van der Waals surface area contributed by atoms with Crippen LogP contribution in [0.2, 0.25) is 5.82 Å². The van der Waals surface area contributed by atoms with Crippen molar-refractivity contribution in [1.29, 1.82) is 0 Å². The van der Waals surface area contributed by atoms with Gasteiger partial charge in [0, 0.05) is 14.2 Å². The first kappa shape index (κ1) is 21.7. The SMILES string of the molecule is BC1C[C@H](CCP(=O)(O)OC)[C@@H](OP(=O)(O)O[C@H](C)S)[C@H]1OC. The van der Waals surface area contributed by atoms with Crippen molar-refractivity contribution in [2.45, 2.75) is 43.2 Å². The zero-order chi connectivity index (χ0) is 17.8. The second-order valence-electron chi connectivity index (χ2n) is 5.75. The monoisotopic (exact) mass is 390 g/mol. The standard InChI is InChI=1S/C11H25BO8P2S/c1-7(23)19-22(15,16)20-10-8(4-5-21(13,14)18-3)6-9(12)11(10)17-2/h7-11,23H,4-6,12H2,1-3H3,(H,13,14)(H,15,16)/t7-,8-,9?,10+,11-/m0/s1. The minimum atomic E-state index is -4.30. The average Bonchev–Trinajstić information content (AvgIpc) is 2.70. The van der Waals surface area contributed by atoms with Gasteiger partial charge in [0.15, 0.2) is 0 Å². The number of hydrogen-bond acceptors (Lipinski definition) is 7. The number of methoxy groups -OCH3 is 1. The third kappa shape index (κ3) is 6.80. The Morgan fingerprint density at radius 3 is 2.39 bits per heavy atom. The molecule has 0 radical (unpaired) electrons. The molecule has 136 valence electrons. The van der Waals surface area contributed by atoms with E-state index in [1.807, 2.05) is 7.85 Å². The van der Waals surface area contributed by atoms with Gasteiger partial charge in [0.2, 0.25) is 0 Å². The minimum absolute atomic E-state index is 0.0588. The summed E-state index contributed by atoms with van der Waals surface area (Å²) < 4.78 is 43.7. The van der Waals surface area contributed by atoms with E-state index in [2.05, 4.69) is 17.2 Å². The number of rotatable bonds is 9. The van der Waals surface area contributed by atoms with E-state index in [1.54, 1.807) is 0 Å². The van der Waals surface area contributed by atoms with Crippen LogP contribution in [0.3, 0.4) is 0 Å². The third-order valence-corrected chi connectivity index (χ3v) is 6.66. The molecule has 1 rings (SSSR count). The smallest absolute Gasteiger partial charge is 0.379 e. The molecule has 1 saturated carbocycles. The molecule has 0 spiro atoms. The quantitative estimate of drug-likeness (QED) is 0.235. The highest BCUT2D eigenvalue weighted by molar-refractivity contribution is 7.81. The first-order chi connectivity index (χ1) is 10.5. The summed E-state index contributed by atoms with van der Waals surface area (Å²) in [5, 5.41) is 0. The average molecular weight is 390 g/mol. The fourth-order valence-electron chi connectivity index (χ4n) is 2.92. The normalized spacial score (nSPS) is 34.7. The van der Waals surface area contributed by atoms with Gasteiger partial charge in [-0.3, -0.25) is 13.6 Å². The van der Waals surface area contributed by atoms with Crippen molar-refractivity contribution in [2.75, 3.05) is 20.4 Å². The Balaban J connectivity index is 2.83. The molecular formula is C11H25BO8P2S. The second-order valence-corrected chi connectivity index (χ2v) is 9.92. The van der Waals surface area contributed by atoms with E-state index in [0.717, 1.165) is 0 Å². The van der Waals surface area contributed by atoms with E-state index in [9.17, 15) is 18.9 Å². The molecule has 3 unspecified atom stereocenters. The van der Waals surface area contributed by atoms with Gasteiger partial charge in [0.25, 0.3) is 0 Å². The van der Waals surface area contributed by atoms with Gasteiger partial charge in [-0.25, -0.2) is 4.57 Å². The van der Waals surface area contributed by atoms with Crippen molar-refractivity contribution in [1.82, 2.24) is 0 Å². The molecule has 0 amide bonds. The molecule has 0 aromatic carbocycles. The maximum Gasteiger partial charge on any atom is 0.473 e. The van der Waals surface area contributed by atoms with E-state index >= 15 is 0 Å². The molecule has 0 aromatic heterocycles. The number of thiol groups is 1. The Morgan fingerprint density at radius 1 is 1.30 bits per heavy atom. The summed E-state index contributed by atoms with van der Waals surface area (Å²) in [5.74, 6) is -0.145. The van der Waals surface area contributed by atoms with Crippen LogP contribution in [0, 0.1) is 5.92 Å². The van der Waals surface area contributed by atoms with Gasteiger partial charge < -0.3 is 19.0 Å². The van der Waals surface area contributed by atoms with Crippen molar-refractivity contribution in [3.05, 3.63) is 0 Å². The molecule has 8 nitrogen and oxygen atoms in total. The zero-order valence-corrected chi connectivity index (χ0v) is 16.4. The number of phosphoric acid groups is 1. The molecule has 1 aliphatic carbocycles. The molecule has 23 heavy (non-hydrogen) atoms. The molecule has 0 saturated heterocycles. The lowest BCUT2D eigenvalue weighted by Crippen LogP contribution is -2.32. The Labute approximate surface area is 143 Å². The number of hydrogen-bond donors (Lipinski definition) is 3.